The third-order valence-corrected chi connectivity index (χ3v) is 2.17. The molecule has 2 nitrogen and oxygen atoms in total. The van der Waals surface area contributed by atoms with Gasteiger partial charge < -0.3 is 0 Å². The van der Waals surface area contributed by atoms with Crippen LogP contribution in [0.25, 0.3) is 0 Å². The number of halogens is 3. The van der Waals surface area contributed by atoms with Gasteiger partial charge in [-0.3, -0.25) is 4.79 Å². The molecule has 16 heavy (non-hydrogen) atoms. The molecular formula is C11H8F3NO. The van der Waals surface area contributed by atoms with Crippen LogP contribution in [-0.4, -0.2) is 12.0 Å². The van der Waals surface area contributed by atoms with Gasteiger partial charge in [-0.15, -0.1) is 0 Å². The van der Waals surface area contributed by atoms with Gasteiger partial charge in [-0.2, -0.15) is 18.4 Å². The first-order valence-electron chi connectivity index (χ1n) is 4.44. The number of nitrogens with zero attached hydrogens (tertiary/aromatic N) is 1. The highest BCUT2D eigenvalue weighted by Gasteiger charge is 2.44. The summed E-state index contributed by atoms with van der Waals surface area (Å²) in [5, 5.41) is 8.67. The fourth-order valence-electron chi connectivity index (χ4n) is 1.34. The van der Waals surface area contributed by atoms with Crippen molar-refractivity contribution in [2.75, 3.05) is 0 Å². The van der Waals surface area contributed by atoms with E-state index in [1.165, 1.54) is 18.2 Å². The molecule has 0 N–H and O–H groups in total. The Bertz CT molecular complexity index is 445. The summed E-state index contributed by atoms with van der Waals surface area (Å²) in [5.74, 6) is -3.80. The van der Waals surface area contributed by atoms with E-state index in [4.69, 9.17) is 5.26 Å². The summed E-state index contributed by atoms with van der Waals surface area (Å²) in [6.07, 6.45) is -4.98. The Morgan fingerprint density at radius 1 is 1.38 bits per heavy atom. The fraction of sp³-hybridized carbons (Fsp3) is 0.273. The highest BCUT2D eigenvalue weighted by Crippen LogP contribution is 2.28. The van der Waals surface area contributed by atoms with Crippen molar-refractivity contribution in [1.29, 1.82) is 5.26 Å². The number of carbonyl (C=O) groups is 1. The van der Waals surface area contributed by atoms with Gasteiger partial charge in [-0.25, -0.2) is 0 Å². The maximum atomic E-state index is 12.2. The Morgan fingerprint density at radius 2 is 1.94 bits per heavy atom. The van der Waals surface area contributed by atoms with E-state index in [1.54, 1.807) is 19.1 Å². The van der Waals surface area contributed by atoms with E-state index in [0.717, 1.165) is 0 Å². The molecule has 0 aliphatic heterocycles. The number of alkyl halides is 3. The lowest BCUT2D eigenvalue weighted by molar-refractivity contribution is -0.171. The van der Waals surface area contributed by atoms with Crippen LogP contribution >= 0.6 is 0 Å². The van der Waals surface area contributed by atoms with Gasteiger partial charge in [0.15, 0.2) is 0 Å². The van der Waals surface area contributed by atoms with Crippen LogP contribution < -0.4 is 0 Å². The van der Waals surface area contributed by atoms with Crippen LogP contribution in [-0.2, 0) is 4.79 Å². The average molecular weight is 227 g/mol. The second kappa shape index (κ2) is 4.35. The van der Waals surface area contributed by atoms with Crippen LogP contribution in [0.1, 0.15) is 17.0 Å². The lowest BCUT2D eigenvalue weighted by atomic mass is 9.92. The molecule has 0 fully saturated rings. The fourth-order valence-corrected chi connectivity index (χ4v) is 1.34. The molecule has 0 saturated carbocycles. The minimum Gasteiger partial charge on any atom is -0.288 e. The topological polar surface area (TPSA) is 40.9 Å². The van der Waals surface area contributed by atoms with Gasteiger partial charge >= 0.3 is 6.18 Å². The number of hydrogen-bond donors (Lipinski definition) is 0. The minimum absolute atomic E-state index is 0.104. The van der Waals surface area contributed by atoms with Crippen molar-refractivity contribution < 1.29 is 18.0 Å². The molecule has 1 unspecified atom stereocenters. The maximum absolute atomic E-state index is 12.2. The van der Waals surface area contributed by atoms with Crippen LogP contribution in [0, 0.1) is 18.3 Å². The van der Waals surface area contributed by atoms with Gasteiger partial charge in [0.05, 0.1) is 6.07 Å². The first-order chi connectivity index (χ1) is 7.38. The van der Waals surface area contributed by atoms with Crippen molar-refractivity contribution in [3.63, 3.8) is 0 Å². The van der Waals surface area contributed by atoms with E-state index in [-0.39, 0.29) is 5.56 Å². The smallest absolute Gasteiger partial charge is 0.288 e. The van der Waals surface area contributed by atoms with Crippen LogP contribution in [0.3, 0.4) is 0 Å². The Morgan fingerprint density at radius 3 is 2.38 bits per heavy atom. The highest BCUT2D eigenvalue weighted by atomic mass is 19.4. The lowest BCUT2D eigenvalue weighted by Crippen LogP contribution is -2.28. The molecule has 0 saturated heterocycles. The number of rotatable bonds is 2. The summed E-state index contributed by atoms with van der Waals surface area (Å²) in [4.78, 5) is 11.0. The van der Waals surface area contributed by atoms with E-state index in [0.29, 0.717) is 5.56 Å². The first kappa shape index (κ1) is 12.2. The van der Waals surface area contributed by atoms with Crippen LogP contribution in [0.4, 0.5) is 13.2 Å². The van der Waals surface area contributed by atoms with E-state index in [2.05, 4.69) is 0 Å². The summed E-state index contributed by atoms with van der Waals surface area (Å²) in [6, 6.07) is 7.44. The van der Waals surface area contributed by atoms with Gasteiger partial charge in [0, 0.05) is 0 Å². The van der Waals surface area contributed by atoms with Crippen LogP contribution in [0.5, 0.6) is 0 Å². The largest absolute Gasteiger partial charge is 0.451 e. The standard InChI is InChI=1S/C11H8F3NO/c1-7-4-2-3-5-8(7)9(6-15)10(16)11(12,13)14/h2-5,9H,1H3. The predicted octanol–water partition coefficient (Wildman–Crippen LogP) is 2.73. The first-order valence-corrected chi connectivity index (χ1v) is 4.44. The number of benzene rings is 1. The second-order valence-corrected chi connectivity index (χ2v) is 3.28. The van der Waals surface area contributed by atoms with Crippen LogP contribution in [0.15, 0.2) is 24.3 Å². The summed E-state index contributed by atoms with van der Waals surface area (Å²) in [7, 11) is 0. The number of hydrogen-bond acceptors (Lipinski definition) is 2. The molecule has 1 aromatic carbocycles. The minimum atomic E-state index is -4.98. The molecule has 1 rings (SSSR count). The molecule has 84 valence electrons. The van der Waals surface area contributed by atoms with Crippen molar-refractivity contribution in [3.8, 4) is 6.07 Å². The van der Waals surface area contributed by atoms with Gasteiger partial charge in [-0.1, -0.05) is 24.3 Å². The molecule has 0 heterocycles. The third-order valence-electron chi connectivity index (χ3n) is 2.17. The molecule has 0 amide bonds. The monoisotopic (exact) mass is 227 g/mol. The molecule has 0 bridgehead atoms. The zero-order valence-electron chi connectivity index (χ0n) is 8.38. The third kappa shape index (κ3) is 2.40. The van der Waals surface area contributed by atoms with Crippen molar-refractivity contribution in [2.45, 2.75) is 19.0 Å². The Hall–Kier alpha value is -1.83. The molecule has 0 radical (unpaired) electrons. The number of nitriles is 1. The number of carbonyl (C=O) groups excluding carboxylic acids is 1. The summed E-state index contributed by atoms with van der Waals surface area (Å²) < 4.78 is 36.6. The second-order valence-electron chi connectivity index (χ2n) is 3.28. The average Bonchev–Trinajstić information content (AvgIpc) is 2.20. The molecule has 0 aliphatic carbocycles. The quantitative estimate of drug-likeness (QED) is 0.779. The SMILES string of the molecule is Cc1ccccc1C(C#N)C(=O)C(F)(F)F. The van der Waals surface area contributed by atoms with Gasteiger partial charge in [-0.05, 0) is 18.1 Å². The van der Waals surface area contributed by atoms with E-state index >= 15 is 0 Å². The maximum Gasteiger partial charge on any atom is 0.451 e. The lowest BCUT2D eigenvalue weighted by Gasteiger charge is -2.12. The van der Waals surface area contributed by atoms with E-state index in [1.807, 2.05) is 0 Å². The summed E-state index contributed by atoms with van der Waals surface area (Å²) in [5.41, 5.74) is 0.596. The molecule has 0 aliphatic rings. The molecular weight excluding hydrogens is 219 g/mol. The molecule has 1 atom stereocenters. The summed E-state index contributed by atoms with van der Waals surface area (Å²) >= 11 is 0. The van der Waals surface area contributed by atoms with Crippen molar-refractivity contribution in [3.05, 3.63) is 35.4 Å². The van der Waals surface area contributed by atoms with Gasteiger partial charge in [0.2, 0.25) is 0 Å². The Kier molecular flexibility index (Phi) is 3.33. The summed E-state index contributed by atoms with van der Waals surface area (Å²) in [6.45, 7) is 1.56. The van der Waals surface area contributed by atoms with E-state index in [9.17, 15) is 18.0 Å². The van der Waals surface area contributed by atoms with Gasteiger partial charge in [0.1, 0.15) is 5.92 Å². The number of ketones is 1. The Balaban J connectivity index is 3.16. The molecule has 0 spiro atoms. The molecule has 5 heteroatoms. The predicted molar refractivity (Wildman–Crippen MR) is 50.6 cm³/mol. The van der Waals surface area contributed by atoms with Crippen molar-refractivity contribution in [1.82, 2.24) is 0 Å². The van der Waals surface area contributed by atoms with E-state index < -0.39 is 17.9 Å². The molecule has 0 aromatic heterocycles. The zero-order valence-corrected chi connectivity index (χ0v) is 8.38. The van der Waals surface area contributed by atoms with Crippen LogP contribution in [0.2, 0.25) is 0 Å². The van der Waals surface area contributed by atoms with Crippen molar-refractivity contribution in [2.24, 2.45) is 0 Å². The number of Topliss-reactive ketones (excluding diaryl/α,β-unsaturated/α-hetero) is 1. The Labute approximate surface area is 90.3 Å². The normalized spacial score (nSPS) is 12.9. The zero-order chi connectivity index (χ0) is 12.3. The molecule has 1 aromatic rings. The van der Waals surface area contributed by atoms with Gasteiger partial charge in [0.25, 0.3) is 5.78 Å². The highest BCUT2D eigenvalue weighted by molar-refractivity contribution is 5.93. The number of aryl methyl sites for hydroxylation is 1. The van der Waals surface area contributed by atoms with Crippen molar-refractivity contribution >= 4 is 5.78 Å².